The summed E-state index contributed by atoms with van der Waals surface area (Å²) in [4.78, 5) is 14.8. The molecule has 0 saturated carbocycles. The Bertz CT molecular complexity index is 820. The summed E-state index contributed by atoms with van der Waals surface area (Å²) in [7, 11) is 0. The Balaban J connectivity index is 2.03. The molecule has 3 rings (SSSR count). The quantitative estimate of drug-likeness (QED) is 0.553. The first-order chi connectivity index (χ1) is 13.4. The van der Waals surface area contributed by atoms with Crippen LogP contribution in [0.5, 0.6) is 0 Å². The van der Waals surface area contributed by atoms with Crippen LogP contribution in [0.4, 0.5) is 17.5 Å². The summed E-state index contributed by atoms with van der Waals surface area (Å²) < 4.78 is 0. The van der Waals surface area contributed by atoms with Gasteiger partial charge in [0.1, 0.15) is 5.82 Å². The van der Waals surface area contributed by atoms with Crippen molar-refractivity contribution in [2.75, 3.05) is 29.4 Å². The number of nitrogens with zero attached hydrogens (tertiary/aromatic N) is 4. The third-order valence-corrected chi connectivity index (χ3v) is 5.89. The van der Waals surface area contributed by atoms with Gasteiger partial charge in [-0.15, -0.1) is 0 Å². The molecule has 1 unspecified atom stereocenters. The van der Waals surface area contributed by atoms with Gasteiger partial charge in [0.05, 0.1) is 0 Å². The molecule has 0 saturated heterocycles. The van der Waals surface area contributed by atoms with Crippen molar-refractivity contribution in [1.29, 1.82) is 0 Å². The molecular weight excluding hydrogens is 344 g/mol. The van der Waals surface area contributed by atoms with Crippen LogP contribution in [-0.4, -0.2) is 29.6 Å². The number of unbranched alkanes of at least 4 members (excludes halogenated alkanes) is 2. The van der Waals surface area contributed by atoms with Gasteiger partial charge in [-0.05, 0) is 52.2 Å². The van der Waals surface area contributed by atoms with Gasteiger partial charge in [-0.1, -0.05) is 44.4 Å². The molecule has 4 heteroatoms. The lowest BCUT2D eigenvalue weighted by atomic mass is 10.0. The van der Waals surface area contributed by atoms with Crippen molar-refractivity contribution >= 4 is 17.5 Å². The van der Waals surface area contributed by atoms with Crippen LogP contribution in [0.1, 0.15) is 73.9 Å². The van der Waals surface area contributed by atoms with E-state index < -0.39 is 0 Å². The van der Waals surface area contributed by atoms with Crippen LogP contribution in [-0.2, 0) is 0 Å². The van der Waals surface area contributed by atoms with Crippen LogP contribution in [0.2, 0.25) is 0 Å². The minimum atomic E-state index is 0.503. The fraction of sp³-hybridized carbons (Fsp3) is 0.583. The minimum absolute atomic E-state index is 0.503. The van der Waals surface area contributed by atoms with Crippen LogP contribution < -0.4 is 9.80 Å². The Labute approximate surface area is 171 Å². The highest BCUT2D eigenvalue weighted by molar-refractivity contribution is 5.69. The topological polar surface area (TPSA) is 32.3 Å². The van der Waals surface area contributed by atoms with Crippen molar-refractivity contribution in [3.05, 3.63) is 40.1 Å². The maximum absolute atomic E-state index is 5.12. The molecule has 4 nitrogen and oxygen atoms in total. The number of hydrogen-bond donors (Lipinski definition) is 0. The average molecular weight is 381 g/mol. The zero-order valence-electron chi connectivity index (χ0n) is 18.8. The van der Waals surface area contributed by atoms with Crippen LogP contribution in [0.15, 0.2) is 12.1 Å². The van der Waals surface area contributed by atoms with Gasteiger partial charge in [0.25, 0.3) is 0 Å². The number of rotatable bonds is 7. The highest BCUT2D eigenvalue weighted by Gasteiger charge is 2.31. The van der Waals surface area contributed by atoms with Crippen LogP contribution in [0.3, 0.4) is 0 Å². The van der Waals surface area contributed by atoms with E-state index >= 15 is 0 Å². The van der Waals surface area contributed by atoms with Gasteiger partial charge >= 0.3 is 0 Å². The van der Waals surface area contributed by atoms with E-state index in [2.05, 4.69) is 70.4 Å². The highest BCUT2D eigenvalue weighted by Crippen LogP contribution is 2.39. The average Bonchev–Trinajstić information content (AvgIpc) is 2.94. The first kappa shape index (κ1) is 20.6. The Morgan fingerprint density at radius 2 is 1.71 bits per heavy atom. The Hall–Kier alpha value is -2.10. The van der Waals surface area contributed by atoms with Gasteiger partial charge in [0.2, 0.25) is 5.95 Å². The number of anilines is 3. The second-order valence-electron chi connectivity index (χ2n) is 8.39. The molecule has 1 aliphatic heterocycles. The summed E-state index contributed by atoms with van der Waals surface area (Å²) in [5.41, 5.74) is 7.59. The fourth-order valence-electron chi connectivity index (χ4n) is 4.75. The summed E-state index contributed by atoms with van der Waals surface area (Å²) >= 11 is 0. The Morgan fingerprint density at radius 1 is 1.04 bits per heavy atom. The van der Waals surface area contributed by atoms with E-state index in [0.29, 0.717) is 5.92 Å². The zero-order valence-corrected chi connectivity index (χ0v) is 18.8. The molecule has 1 aliphatic rings. The van der Waals surface area contributed by atoms with E-state index in [1.807, 2.05) is 0 Å². The molecule has 0 bridgehead atoms. The van der Waals surface area contributed by atoms with Gasteiger partial charge in [-0.3, -0.25) is 0 Å². The molecule has 152 valence electrons. The van der Waals surface area contributed by atoms with Gasteiger partial charge in [-0.25, -0.2) is 4.98 Å². The van der Waals surface area contributed by atoms with E-state index in [9.17, 15) is 0 Å². The third-order valence-electron chi connectivity index (χ3n) is 5.89. The van der Waals surface area contributed by atoms with E-state index in [4.69, 9.17) is 9.97 Å². The smallest absolute Gasteiger partial charge is 0.232 e. The maximum atomic E-state index is 5.12. The van der Waals surface area contributed by atoms with E-state index in [0.717, 1.165) is 37.1 Å². The van der Waals surface area contributed by atoms with Crippen molar-refractivity contribution in [2.45, 2.75) is 73.6 Å². The normalized spacial score (nSPS) is 15.8. The molecule has 2 aromatic rings. The van der Waals surface area contributed by atoms with E-state index in [-0.39, 0.29) is 0 Å². The largest absolute Gasteiger partial charge is 0.356 e. The van der Waals surface area contributed by atoms with E-state index in [1.165, 1.54) is 47.2 Å². The monoisotopic (exact) mass is 380 g/mol. The fourth-order valence-corrected chi connectivity index (χ4v) is 4.75. The molecule has 0 amide bonds. The zero-order chi connectivity index (χ0) is 20.4. The predicted molar refractivity (Wildman–Crippen MR) is 120 cm³/mol. The molecule has 0 spiro atoms. The van der Waals surface area contributed by atoms with Crippen molar-refractivity contribution in [1.82, 2.24) is 9.97 Å². The summed E-state index contributed by atoms with van der Waals surface area (Å²) in [6.45, 7) is 18.5. The predicted octanol–water partition coefficient (Wildman–Crippen LogP) is 5.98. The van der Waals surface area contributed by atoms with Gasteiger partial charge in [0.15, 0.2) is 0 Å². The minimum Gasteiger partial charge on any atom is -0.356 e. The summed E-state index contributed by atoms with van der Waals surface area (Å²) in [5, 5.41) is 0. The molecule has 28 heavy (non-hydrogen) atoms. The van der Waals surface area contributed by atoms with Crippen LogP contribution in [0.25, 0.3) is 0 Å². The number of hydrogen-bond acceptors (Lipinski definition) is 4. The molecular formula is C24H36N4. The molecule has 0 fully saturated rings. The van der Waals surface area contributed by atoms with Crippen LogP contribution in [0, 0.1) is 27.7 Å². The highest BCUT2D eigenvalue weighted by atomic mass is 15.3. The third kappa shape index (κ3) is 3.87. The Kier molecular flexibility index (Phi) is 6.26. The molecule has 1 aromatic heterocycles. The van der Waals surface area contributed by atoms with Gasteiger partial charge < -0.3 is 9.80 Å². The van der Waals surface area contributed by atoms with Gasteiger partial charge in [0, 0.05) is 42.5 Å². The number of aryl methyl sites for hydroxylation is 4. The molecule has 0 aliphatic carbocycles. The molecule has 0 radical (unpaired) electrons. The van der Waals surface area contributed by atoms with Crippen molar-refractivity contribution < 1.29 is 0 Å². The van der Waals surface area contributed by atoms with Crippen molar-refractivity contribution in [2.24, 2.45) is 0 Å². The summed E-state index contributed by atoms with van der Waals surface area (Å²) in [5.74, 6) is 2.50. The lowest BCUT2D eigenvalue weighted by molar-refractivity contribution is 0.665. The maximum Gasteiger partial charge on any atom is 0.232 e. The SMILES string of the molecule is CCCCCN1CC(C)c2c(C)nc(N(CC)c3c(C)cc(C)cc3C)nc21. The molecule has 1 atom stereocenters. The number of aromatic nitrogens is 2. The summed E-state index contributed by atoms with van der Waals surface area (Å²) in [6.07, 6.45) is 3.76. The lowest BCUT2D eigenvalue weighted by Crippen LogP contribution is -2.25. The lowest BCUT2D eigenvalue weighted by Gasteiger charge is -2.27. The standard InChI is InChI=1S/C24H36N4/c1-8-10-11-12-27-15-19(6)21-20(7)25-24(26-23(21)27)28(9-2)22-17(4)13-16(3)14-18(22)5/h13-14,19H,8-12,15H2,1-7H3. The molecule has 1 aromatic carbocycles. The molecule has 0 N–H and O–H groups in total. The van der Waals surface area contributed by atoms with Crippen molar-refractivity contribution in [3.63, 3.8) is 0 Å². The number of fused-ring (bicyclic) bond motifs is 1. The Morgan fingerprint density at radius 3 is 2.32 bits per heavy atom. The second kappa shape index (κ2) is 8.50. The van der Waals surface area contributed by atoms with Crippen molar-refractivity contribution in [3.8, 4) is 0 Å². The molecule has 2 heterocycles. The van der Waals surface area contributed by atoms with Crippen LogP contribution >= 0.6 is 0 Å². The first-order valence-corrected chi connectivity index (χ1v) is 10.9. The van der Waals surface area contributed by atoms with E-state index in [1.54, 1.807) is 0 Å². The number of benzene rings is 1. The van der Waals surface area contributed by atoms with Gasteiger partial charge in [-0.2, -0.15) is 4.98 Å². The summed E-state index contributed by atoms with van der Waals surface area (Å²) in [6, 6.07) is 4.51. The second-order valence-corrected chi connectivity index (χ2v) is 8.39. The first-order valence-electron chi connectivity index (χ1n) is 10.9.